The van der Waals surface area contributed by atoms with Gasteiger partial charge >= 0.3 is 17.9 Å². The topological polar surface area (TPSA) is 78.9 Å². The number of hydrogen-bond donors (Lipinski definition) is 0. The van der Waals surface area contributed by atoms with Gasteiger partial charge in [-0.2, -0.15) is 0 Å². The molecule has 0 N–H and O–H groups in total. The largest absolute Gasteiger partial charge is 0.462 e. The minimum atomic E-state index is -0.762. The van der Waals surface area contributed by atoms with Gasteiger partial charge in [-0.05, 0) is 25.2 Å². The fraction of sp³-hybridized carbons (Fsp3) is 0.947. The maximum Gasteiger partial charge on any atom is 0.306 e. The summed E-state index contributed by atoms with van der Waals surface area (Å²) in [5.41, 5.74) is 0. The van der Waals surface area contributed by atoms with Crippen molar-refractivity contribution in [2.24, 2.45) is 5.92 Å². The van der Waals surface area contributed by atoms with Crippen molar-refractivity contribution in [2.45, 2.75) is 329 Å². The number of hydrogen-bond acceptors (Lipinski definition) is 6. The van der Waals surface area contributed by atoms with Gasteiger partial charge in [0.15, 0.2) is 6.10 Å². The molecule has 0 bridgehead atoms. The zero-order valence-corrected chi connectivity index (χ0v) is 43.0. The SMILES string of the molecule is CCCCCCCCCCCCCCCCCCCC(=O)O[C@@H](COC(=O)CCCCCCCCCCCCCCCCCC)COC(=O)CCCCCCCCCCCC(C)C. The van der Waals surface area contributed by atoms with E-state index in [1.165, 1.54) is 218 Å². The molecule has 0 saturated heterocycles. The van der Waals surface area contributed by atoms with E-state index in [1.54, 1.807) is 0 Å². The van der Waals surface area contributed by atoms with Crippen LogP contribution in [0.2, 0.25) is 0 Å². The third-order valence-corrected chi connectivity index (χ3v) is 13.0. The summed E-state index contributed by atoms with van der Waals surface area (Å²) in [6.45, 7) is 9.03. The molecule has 0 aromatic heterocycles. The van der Waals surface area contributed by atoms with Gasteiger partial charge < -0.3 is 14.2 Å². The lowest BCUT2D eigenvalue weighted by molar-refractivity contribution is -0.167. The Morgan fingerprint density at radius 2 is 0.524 bits per heavy atom. The second kappa shape index (κ2) is 51.4. The van der Waals surface area contributed by atoms with Crippen LogP contribution in [0.5, 0.6) is 0 Å². The first-order valence-electron chi connectivity index (χ1n) is 28.4. The standard InChI is InChI=1S/C57H110O6/c1-5-7-9-11-13-15-17-19-21-23-25-27-29-33-38-42-46-50-57(60)63-54(52-62-56(59)49-45-41-37-34-30-31-35-39-43-47-53(3)4)51-61-55(58)48-44-40-36-32-28-26-24-22-20-18-16-14-12-10-8-6-2/h53-54H,5-52H2,1-4H3/t54-/m0/s1. The summed E-state index contributed by atoms with van der Waals surface area (Å²) >= 11 is 0. The number of carbonyl (C=O) groups is 3. The van der Waals surface area contributed by atoms with Crippen molar-refractivity contribution in [2.75, 3.05) is 13.2 Å². The van der Waals surface area contributed by atoms with E-state index in [-0.39, 0.29) is 31.1 Å². The molecule has 0 amide bonds. The lowest BCUT2D eigenvalue weighted by Gasteiger charge is -2.18. The van der Waals surface area contributed by atoms with E-state index in [1.807, 2.05) is 0 Å². The molecule has 0 aliphatic heterocycles. The molecule has 6 heteroatoms. The number of esters is 3. The summed E-state index contributed by atoms with van der Waals surface area (Å²) < 4.78 is 16.9. The van der Waals surface area contributed by atoms with Gasteiger partial charge in [0.2, 0.25) is 0 Å². The highest BCUT2D eigenvalue weighted by molar-refractivity contribution is 5.71. The fourth-order valence-corrected chi connectivity index (χ4v) is 8.75. The normalized spacial score (nSPS) is 12.0. The molecule has 0 aliphatic carbocycles. The van der Waals surface area contributed by atoms with Crippen molar-refractivity contribution in [1.82, 2.24) is 0 Å². The maximum atomic E-state index is 12.8. The molecule has 63 heavy (non-hydrogen) atoms. The third-order valence-electron chi connectivity index (χ3n) is 13.0. The molecule has 0 aromatic carbocycles. The Morgan fingerprint density at radius 1 is 0.302 bits per heavy atom. The number of carbonyl (C=O) groups excluding carboxylic acids is 3. The molecule has 0 fully saturated rings. The van der Waals surface area contributed by atoms with Crippen LogP contribution in [0.15, 0.2) is 0 Å². The number of ether oxygens (including phenoxy) is 3. The van der Waals surface area contributed by atoms with Gasteiger partial charge in [-0.1, -0.05) is 285 Å². The molecule has 0 aromatic rings. The van der Waals surface area contributed by atoms with Gasteiger partial charge in [0.25, 0.3) is 0 Å². The van der Waals surface area contributed by atoms with Gasteiger partial charge in [0.05, 0.1) is 0 Å². The molecule has 1 atom stereocenters. The fourth-order valence-electron chi connectivity index (χ4n) is 8.75. The van der Waals surface area contributed by atoms with Crippen molar-refractivity contribution >= 4 is 17.9 Å². The predicted molar refractivity (Wildman–Crippen MR) is 270 cm³/mol. The van der Waals surface area contributed by atoms with Crippen LogP contribution in [0.3, 0.4) is 0 Å². The maximum absolute atomic E-state index is 12.8. The molecule has 0 unspecified atom stereocenters. The van der Waals surface area contributed by atoms with Crippen molar-refractivity contribution in [3.8, 4) is 0 Å². The van der Waals surface area contributed by atoms with Crippen molar-refractivity contribution in [1.29, 1.82) is 0 Å². The molecule has 0 aliphatic rings. The van der Waals surface area contributed by atoms with Crippen molar-refractivity contribution < 1.29 is 28.6 Å². The molecular weight excluding hydrogens is 781 g/mol. The summed E-state index contributed by atoms with van der Waals surface area (Å²) in [5.74, 6) is -0.0298. The minimum absolute atomic E-state index is 0.0623. The summed E-state index contributed by atoms with van der Waals surface area (Å²) in [4.78, 5) is 38.1. The van der Waals surface area contributed by atoms with E-state index in [4.69, 9.17) is 14.2 Å². The first kappa shape index (κ1) is 61.4. The second-order valence-corrected chi connectivity index (χ2v) is 20.1. The summed E-state index contributed by atoms with van der Waals surface area (Å²) in [6, 6.07) is 0. The average Bonchev–Trinajstić information content (AvgIpc) is 3.27. The predicted octanol–water partition coefficient (Wildman–Crippen LogP) is 18.6. The lowest BCUT2D eigenvalue weighted by Crippen LogP contribution is -2.30. The van der Waals surface area contributed by atoms with Crippen LogP contribution in [-0.2, 0) is 28.6 Å². The summed E-state index contributed by atoms with van der Waals surface area (Å²) in [7, 11) is 0. The lowest BCUT2D eigenvalue weighted by atomic mass is 10.0. The molecule has 0 rings (SSSR count). The molecular formula is C57H110O6. The molecule has 0 spiro atoms. The van der Waals surface area contributed by atoms with E-state index in [0.717, 1.165) is 63.7 Å². The van der Waals surface area contributed by atoms with E-state index >= 15 is 0 Å². The Labute approximate surface area is 393 Å². The first-order valence-corrected chi connectivity index (χ1v) is 28.4. The smallest absolute Gasteiger partial charge is 0.306 e. The average molecular weight is 892 g/mol. The van der Waals surface area contributed by atoms with E-state index < -0.39 is 6.10 Å². The van der Waals surface area contributed by atoms with E-state index in [9.17, 15) is 14.4 Å². The number of rotatable bonds is 52. The zero-order valence-electron chi connectivity index (χ0n) is 43.0. The highest BCUT2D eigenvalue weighted by Gasteiger charge is 2.19. The van der Waals surface area contributed by atoms with Crippen LogP contribution < -0.4 is 0 Å². The van der Waals surface area contributed by atoms with Gasteiger partial charge in [0.1, 0.15) is 13.2 Å². The van der Waals surface area contributed by atoms with Crippen LogP contribution in [0.4, 0.5) is 0 Å². The van der Waals surface area contributed by atoms with Crippen LogP contribution in [-0.4, -0.2) is 37.2 Å². The van der Waals surface area contributed by atoms with Gasteiger partial charge in [-0.25, -0.2) is 0 Å². The van der Waals surface area contributed by atoms with Gasteiger partial charge in [-0.15, -0.1) is 0 Å². The number of unbranched alkanes of at least 4 members (excludes halogenated alkanes) is 39. The Morgan fingerprint density at radius 3 is 0.778 bits per heavy atom. The van der Waals surface area contributed by atoms with Crippen LogP contribution in [0, 0.1) is 5.92 Å². The summed E-state index contributed by atoms with van der Waals surface area (Å²) in [5, 5.41) is 0. The van der Waals surface area contributed by atoms with Gasteiger partial charge in [-0.3, -0.25) is 14.4 Å². The Balaban J connectivity index is 4.28. The molecule has 0 saturated carbocycles. The highest BCUT2D eigenvalue weighted by Crippen LogP contribution is 2.18. The monoisotopic (exact) mass is 891 g/mol. The zero-order chi connectivity index (χ0) is 45.9. The minimum Gasteiger partial charge on any atom is -0.462 e. The summed E-state index contributed by atoms with van der Waals surface area (Å²) in [6.07, 6.45) is 55.2. The van der Waals surface area contributed by atoms with E-state index in [2.05, 4.69) is 27.7 Å². The second-order valence-electron chi connectivity index (χ2n) is 20.1. The Bertz CT molecular complexity index is 949. The molecule has 374 valence electrons. The van der Waals surface area contributed by atoms with Crippen LogP contribution >= 0.6 is 0 Å². The Kier molecular flexibility index (Phi) is 50.1. The Hall–Kier alpha value is -1.59. The first-order chi connectivity index (χ1) is 30.9. The van der Waals surface area contributed by atoms with Crippen molar-refractivity contribution in [3.05, 3.63) is 0 Å². The third kappa shape index (κ3) is 51.3. The molecule has 6 nitrogen and oxygen atoms in total. The highest BCUT2D eigenvalue weighted by atomic mass is 16.6. The van der Waals surface area contributed by atoms with Crippen LogP contribution in [0.1, 0.15) is 323 Å². The van der Waals surface area contributed by atoms with Gasteiger partial charge in [0, 0.05) is 19.3 Å². The van der Waals surface area contributed by atoms with Crippen molar-refractivity contribution in [3.63, 3.8) is 0 Å². The van der Waals surface area contributed by atoms with Crippen LogP contribution in [0.25, 0.3) is 0 Å². The van der Waals surface area contributed by atoms with E-state index in [0.29, 0.717) is 19.3 Å². The quantitative estimate of drug-likeness (QED) is 0.0344. The molecule has 0 radical (unpaired) electrons. The molecule has 0 heterocycles.